The summed E-state index contributed by atoms with van der Waals surface area (Å²) in [5, 5.41) is 13.5. The van der Waals surface area contributed by atoms with E-state index in [0.29, 0.717) is 32.8 Å². The number of carbonyl (C=O) groups excluding carboxylic acids is 1. The number of aromatic nitrogens is 3. The molecule has 10 heteroatoms. The van der Waals surface area contributed by atoms with Gasteiger partial charge in [0.15, 0.2) is 12.6 Å². The molecule has 1 fully saturated rings. The molecule has 35 heavy (non-hydrogen) atoms. The molecule has 0 unspecified atom stereocenters. The summed E-state index contributed by atoms with van der Waals surface area (Å²) < 4.78 is 11.0. The van der Waals surface area contributed by atoms with E-state index in [1.54, 1.807) is 0 Å². The molecular weight excluding hydrogens is 446 g/mol. The molecule has 1 atom stereocenters. The normalized spacial score (nSPS) is 17.5. The van der Waals surface area contributed by atoms with Gasteiger partial charge in [0.25, 0.3) is 0 Å². The second-order valence-corrected chi connectivity index (χ2v) is 9.10. The van der Waals surface area contributed by atoms with Gasteiger partial charge in [-0.2, -0.15) is 5.10 Å². The number of rotatable bonds is 5. The van der Waals surface area contributed by atoms with Crippen molar-refractivity contribution in [2.75, 3.05) is 36.6 Å². The Morgan fingerprint density at radius 2 is 2.09 bits per heavy atom. The average Bonchev–Trinajstić information content (AvgIpc) is 3.26. The van der Waals surface area contributed by atoms with Crippen molar-refractivity contribution in [1.82, 2.24) is 25.4 Å². The third-order valence-electron chi connectivity index (χ3n) is 6.33. The summed E-state index contributed by atoms with van der Waals surface area (Å²) in [5.41, 5.74) is 4.10. The van der Waals surface area contributed by atoms with Crippen molar-refractivity contribution in [1.29, 1.82) is 0 Å². The van der Waals surface area contributed by atoms with Crippen molar-refractivity contribution in [2.24, 2.45) is 0 Å². The van der Waals surface area contributed by atoms with E-state index in [0.717, 1.165) is 45.6 Å². The SMILES string of the molecule is Cc1cc(Nc2cc(C)[nH]n2)nc(N2CCN(C(=O)NCc3cccc4c3COCO4)[C@@H](C)C2)c1. The number of nitrogens with zero attached hydrogens (tertiary/aromatic N) is 4. The predicted octanol–water partition coefficient (Wildman–Crippen LogP) is 3.45. The van der Waals surface area contributed by atoms with Crippen LogP contribution in [-0.2, 0) is 17.9 Å². The molecule has 1 saturated heterocycles. The van der Waals surface area contributed by atoms with Crippen molar-refractivity contribution >= 4 is 23.5 Å². The molecule has 5 rings (SSSR count). The molecule has 4 heterocycles. The van der Waals surface area contributed by atoms with Gasteiger partial charge in [0.2, 0.25) is 0 Å². The predicted molar refractivity (Wildman–Crippen MR) is 133 cm³/mol. The Morgan fingerprint density at radius 1 is 1.20 bits per heavy atom. The first-order chi connectivity index (χ1) is 17.0. The van der Waals surface area contributed by atoms with E-state index in [4.69, 9.17) is 14.5 Å². The number of hydrogen-bond donors (Lipinski definition) is 3. The monoisotopic (exact) mass is 477 g/mol. The third-order valence-corrected chi connectivity index (χ3v) is 6.33. The summed E-state index contributed by atoms with van der Waals surface area (Å²) >= 11 is 0. The quantitative estimate of drug-likeness (QED) is 0.517. The summed E-state index contributed by atoms with van der Waals surface area (Å²) in [6.45, 7) is 9.30. The lowest BCUT2D eigenvalue weighted by atomic mass is 10.1. The maximum Gasteiger partial charge on any atom is 0.318 e. The highest BCUT2D eigenvalue weighted by atomic mass is 16.7. The van der Waals surface area contributed by atoms with Crippen molar-refractivity contribution in [3.05, 3.63) is 58.8 Å². The molecule has 0 spiro atoms. The number of piperazine rings is 1. The molecule has 10 nitrogen and oxygen atoms in total. The zero-order valence-corrected chi connectivity index (χ0v) is 20.3. The third kappa shape index (κ3) is 5.17. The maximum absolute atomic E-state index is 13.0. The summed E-state index contributed by atoms with van der Waals surface area (Å²) in [7, 11) is 0. The van der Waals surface area contributed by atoms with Crippen molar-refractivity contribution in [3.8, 4) is 5.75 Å². The lowest BCUT2D eigenvalue weighted by Gasteiger charge is -2.40. The van der Waals surface area contributed by atoms with Crippen LogP contribution in [0.3, 0.4) is 0 Å². The van der Waals surface area contributed by atoms with Crippen molar-refractivity contribution in [2.45, 2.75) is 40.0 Å². The van der Waals surface area contributed by atoms with Crippen LogP contribution in [0.2, 0.25) is 0 Å². The molecule has 3 N–H and O–H groups in total. The van der Waals surface area contributed by atoms with Crippen molar-refractivity contribution in [3.63, 3.8) is 0 Å². The Kier molecular flexibility index (Phi) is 6.45. The Balaban J connectivity index is 1.21. The van der Waals surface area contributed by atoms with Crippen LogP contribution < -0.4 is 20.3 Å². The van der Waals surface area contributed by atoms with E-state index in [1.807, 2.05) is 42.2 Å². The minimum Gasteiger partial charge on any atom is -0.467 e. The molecule has 2 aromatic heterocycles. The van der Waals surface area contributed by atoms with Gasteiger partial charge in [-0.25, -0.2) is 9.78 Å². The highest BCUT2D eigenvalue weighted by Gasteiger charge is 2.28. The van der Waals surface area contributed by atoms with Crippen LogP contribution in [0.1, 0.15) is 29.3 Å². The largest absolute Gasteiger partial charge is 0.467 e. The van der Waals surface area contributed by atoms with Gasteiger partial charge in [0.1, 0.15) is 17.4 Å². The van der Waals surface area contributed by atoms with Gasteiger partial charge in [0, 0.05) is 49.5 Å². The number of aromatic amines is 1. The number of anilines is 3. The summed E-state index contributed by atoms with van der Waals surface area (Å²) in [4.78, 5) is 21.9. The van der Waals surface area contributed by atoms with Crippen LogP contribution in [-0.4, -0.2) is 58.6 Å². The molecule has 2 amide bonds. The second kappa shape index (κ2) is 9.83. The smallest absolute Gasteiger partial charge is 0.318 e. The number of hydrogen-bond acceptors (Lipinski definition) is 7. The van der Waals surface area contributed by atoms with Crippen LogP contribution in [0.15, 0.2) is 36.4 Å². The van der Waals surface area contributed by atoms with Crippen LogP contribution >= 0.6 is 0 Å². The fourth-order valence-electron chi connectivity index (χ4n) is 4.55. The fraction of sp³-hybridized carbons (Fsp3) is 0.400. The number of carbonyl (C=O) groups is 1. The molecule has 0 saturated carbocycles. The lowest BCUT2D eigenvalue weighted by molar-refractivity contribution is -0.0168. The molecule has 184 valence electrons. The van der Waals surface area contributed by atoms with E-state index < -0.39 is 0 Å². The van der Waals surface area contributed by atoms with Crippen LogP contribution in [0.5, 0.6) is 5.75 Å². The highest BCUT2D eigenvalue weighted by Crippen LogP contribution is 2.27. The van der Waals surface area contributed by atoms with Crippen LogP contribution in [0.25, 0.3) is 0 Å². The summed E-state index contributed by atoms with van der Waals surface area (Å²) in [6.07, 6.45) is 0. The Bertz CT molecular complexity index is 1210. The topological polar surface area (TPSA) is 108 Å². The number of benzene rings is 1. The Labute approximate surface area is 204 Å². The molecule has 2 aliphatic heterocycles. The number of nitrogens with one attached hydrogen (secondary N) is 3. The van der Waals surface area contributed by atoms with Crippen LogP contribution in [0, 0.1) is 13.8 Å². The number of H-pyrrole nitrogens is 1. The van der Waals surface area contributed by atoms with Crippen molar-refractivity contribution < 1.29 is 14.3 Å². The molecule has 0 bridgehead atoms. The first kappa shape index (κ1) is 23.0. The standard InChI is InChI=1S/C25H31N7O3/c1-16-9-22(27-23-11-17(2)29-30-23)28-24(10-16)31-7-8-32(18(3)13-31)25(33)26-12-19-5-4-6-21-20(19)14-34-15-35-21/h4-6,9-11,18H,7-8,12-15H2,1-3H3,(H,26,33)(H2,27,28,29,30)/t18-/m0/s1. The minimum atomic E-state index is -0.0686. The highest BCUT2D eigenvalue weighted by molar-refractivity contribution is 5.75. The Morgan fingerprint density at radius 3 is 2.89 bits per heavy atom. The first-order valence-electron chi connectivity index (χ1n) is 11.8. The average molecular weight is 478 g/mol. The number of amides is 2. The minimum absolute atomic E-state index is 0.0350. The Hall–Kier alpha value is -3.79. The molecule has 0 aliphatic carbocycles. The summed E-state index contributed by atoms with van der Waals surface area (Å²) in [5.74, 6) is 3.20. The number of aryl methyl sites for hydroxylation is 2. The van der Waals surface area contributed by atoms with E-state index in [9.17, 15) is 4.79 Å². The fourth-order valence-corrected chi connectivity index (χ4v) is 4.55. The summed E-state index contributed by atoms with van der Waals surface area (Å²) in [6, 6.07) is 11.9. The van der Waals surface area contributed by atoms with E-state index in [1.165, 1.54) is 0 Å². The zero-order chi connectivity index (χ0) is 24.4. The molecule has 1 aromatic carbocycles. The van der Waals surface area contributed by atoms with Gasteiger partial charge in [0.05, 0.1) is 6.61 Å². The van der Waals surface area contributed by atoms with E-state index in [2.05, 4.69) is 45.6 Å². The van der Waals surface area contributed by atoms with Gasteiger partial charge in [-0.05, 0) is 50.1 Å². The van der Waals surface area contributed by atoms with Gasteiger partial charge in [-0.1, -0.05) is 12.1 Å². The van der Waals surface area contributed by atoms with Gasteiger partial charge in [-0.15, -0.1) is 0 Å². The van der Waals surface area contributed by atoms with Crippen LogP contribution in [0.4, 0.5) is 22.2 Å². The number of ether oxygens (including phenoxy) is 2. The van der Waals surface area contributed by atoms with E-state index >= 15 is 0 Å². The number of pyridine rings is 1. The van der Waals surface area contributed by atoms with Gasteiger partial charge < -0.3 is 29.9 Å². The van der Waals surface area contributed by atoms with Gasteiger partial charge in [-0.3, -0.25) is 5.10 Å². The van der Waals surface area contributed by atoms with Gasteiger partial charge >= 0.3 is 6.03 Å². The molecule has 2 aliphatic rings. The molecule has 0 radical (unpaired) electrons. The van der Waals surface area contributed by atoms with E-state index in [-0.39, 0.29) is 18.9 Å². The number of fused-ring (bicyclic) bond motifs is 1. The number of urea groups is 1. The second-order valence-electron chi connectivity index (χ2n) is 9.10. The molecule has 3 aromatic rings. The molecular formula is C25H31N7O3. The lowest BCUT2D eigenvalue weighted by Crippen LogP contribution is -2.56. The first-order valence-corrected chi connectivity index (χ1v) is 11.8. The maximum atomic E-state index is 13.0. The zero-order valence-electron chi connectivity index (χ0n) is 20.3.